The van der Waals surface area contributed by atoms with Crippen molar-refractivity contribution in [1.82, 2.24) is 0 Å². The van der Waals surface area contributed by atoms with E-state index in [1.807, 2.05) is 0 Å². The molecule has 0 aliphatic rings. The van der Waals surface area contributed by atoms with Crippen LogP contribution in [-0.2, 0) is 4.79 Å². The van der Waals surface area contributed by atoms with Crippen molar-refractivity contribution < 1.29 is 23.8 Å². The van der Waals surface area contributed by atoms with Crippen LogP contribution in [0.2, 0.25) is 5.22 Å². The smallest absolute Gasteiger partial charge is 0.341 e. The number of carboxylic acid groups (broad SMARTS) is 1. The Bertz CT molecular complexity index is 637. The van der Waals surface area contributed by atoms with Gasteiger partial charge in [-0.05, 0) is 35.9 Å². The third-order valence-electron chi connectivity index (χ3n) is 2.28. The maximum absolute atomic E-state index is 11.9. The number of benzene rings is 1. The number of aliphatic carboxylic acids is 1. The van der Waals surface area contributed by atoms with Gasteiger partial charge in [0.2, 0.25) is 0 Å². The summed E-state index contributed by atoms with van der Waals surface area (Å²) in [5.74, 6) is -1.32. The van der Waals surface area contributed by atoms with Crippen molar-refractivity contribution in [3.8, 4) is 5.75 Å². The van der Waals surface area contributed by atoms with Gasteiger partial charge >= 0.3 is 5.97 Å². The van der Waals surface area contributed by atoms with Crippen LogP contribution in [0.5, 0.6) is 5.75 Å². The lowest BCUT2D eigenvalue weighted by Crippen LogP contribution is -2.14. The number of furan rings is 1. The number of hydrogen-bond donors (Lipinski definition) is 2. The Morgan fingerprint density at radius 3 is 2.65 bits per heavy atom. The van der Waals surface area contributed by atoms with E-state index >= 15 is 0 Å². The van der Waals surface area contributed by atoms with Crippen LogP contribution in [0.25, 0.3) is 0 Å². The van der Waals surface area contributed by atoms with E-state index in [9.17, 15) is 9.59 Å². The molecule has 0 atom stereocenters. The van der Waals surface area contributed by atoms with Crippen molar-refractivity contribution in [3.63, 3.8) is 0 Å². The Balaban J connectivity index is 2.12. The number of anilines is 1. The third kappa shape index (κ3) is 3.52. The average molecular weight is 296 g/mol. The summed E-state index contributed by atoms with van der Waals surface area (Å²) in [5.41, 5.74) is 0.339. The fourth-order valence-corrected chi connectivity index (χ4v) is 1.60. The molecule has 1 heterocycles. The second-order valence-electron chi connectivity index (χ2n) is 3.74. The molecule has 0 unspecified atom stereocenters. The maximum atomic E-state index is 11.9. The van der Waals surface area contributed by atoms with Crippen molar-refractivity contribution in [2.45, 2.75) is 0 Å². The number of carboxylic acids is 1. The summed E-state index contributed by atoms with van der Waals surface area (Å²) < 4.78 is 10.0. The Morgan fingerprint density at radius 1 is 1.25 bits per heavy atom. The Labute approximate surface area is 118 Å². The van der Waals surface area contributed by atoms with Crippen molar-refractivity contribution in [1.29, 1.82) is 0 Å². The van der Waals surface area contributed by atoms with E-state index in [4.69, 9.17) is 25.9 Å². The van der Waals surface area contributed by atoms with Crippen molar-refractivity contribution in [3.05, 3.63) is 47.4 Å². The topological polar surface area (TPSA) is 88.8 Å². The van der Waals surface area contributed by atoms with Crippen LogP contribution in [0.4, 0.5) is 5.69 Å². The molecular weight excluding hydrogens is 286 g/mol. The first-order chi connectivity index (χ1) is 9.56. The van der Waals surface area contributed by atoms with E-state index in [2.05, 4.69) is 5.32 Å². The highest BCUT2D eigenvalue weighted by Crippen LogP contribution is 2.24. The molecule has 0 spiro atoms. The zero-order valence-electron chi connectivity index (χ0n) is 10.1. The van der Waals surface area contributed by atoms with Gasteiger partial charge in [0.25, 0.3) is 5.91 Å². The molecule has 1 aromatic carbocycles. The standard InChI is InChI=1S/C13H10ClNO5/c14-11-6-5-10(20-11)13(18)15-8-3-1-2-4-9(8)19-7-12(16)17/h1-6H,7H2,(H,15,18)(H,16,17). The van der Waals surface area contributed by atoms with Crippen LogP contribution in [0.3, 0.4) is 0 Å². The lowest BCUT2D eigenvalue weighted by molar-refractivity contribution is -0.139. The van der Waals surface area contributed by atoms with Crippen molar-refractivity contribution >= 4 is 29.2 Å². The van der Waals surface area contributed by atoms with E-state index in [1.54, 1.807) is 24.3 Å². The van der Waals surface area contributed by atoms with Gasteiger partial charge in [0, 0.05) is 0 Å². The number of ether oxygens (including phenoxy) is 1. The Morgan fingerprint density at radius 2 is 2.00 bits per heavy atom. The van der Waals surface area contributed by atoms with E-state index in [-0.39, 0.29) is 16.7 Å². The highest BCUT2D eigenvalue weighted by molar-refractivity contribution is 6.29. The second kappa shape index (κ2) is 6.12. The summed E-state index contributed by atoms with van der Waals surface area (Å²) in [6.07, 6.45) is 0. The molecule has 104 valence electrons. The van der Waals surface area contributed by atoms with Gasteiger partial charge in [-0.3, -0.25) is 4.79 Å². The molecule has 0 fully saturated rings. The highest BCUT2D eigenvalue weighted by atomic mass is 35.5. The minimum Gasteiger partial charge on any atom is -0.480 e. The van der Waals surface area contributed by atoms with Gasteiger partial charge < -0.3 is 19.6 Å². The van der Waals surface area contributed by atoms with E-state index < -0.39 is 18.5 Å². The number of hydrogen-bond acceptors (Lipinski definition) is 4. The number of nitrogens with one attached hydrogen (secondary N) is 1. The van der Waals surface area contributed by atoms with Crippen molar-refractivity contribution in [2.24, 2.45) is 0 Å². The highest BCUT2D eigenvalue weighted by Gasteiger charge is 2.13. The SMILES string of the molecule is O=C(O)COc1ccccc1NC(=O)c1ccc(Cl)o1. The van der Waals surface area contributed by atoms with Gasteiger partial charge in [-0.15, -0.1) is 0 Å². The predicted molar refractivity (Wildman–Crippen MR) is 71.2 cm³/mol. The fraction of sp³-hybridized carbons (Fsp3) is 0.0769. The molecule has 20 heavy (non-hydrogen) atoms. The molecule has 0 aliphatic heterocycles. The van der Waals surface area contributed by atoms with Gasteiger partial charge in [-0.2, -0.15) is 0 Å². The number of carbonyl (C=O) groups is 2. The van der Waals surface area contributed by atoms with Gasteiger partial charge in [0.05, 0.1) is 5.69 Å². The van der Waals surface area contributed by atoms with Crippen LogP contribution in [0, 0.1) is 0 Å². The summed E-state index contributed by atoms with van der Waals surface area (Å²) in [5, 5.41) is 11.2. The van der Waals surface area contributed by atoms with Crippen LogP contribution < -0.4 is 10.1 Å². The summed E-state index contributed by atoms with van der Waals surface area (Å²) in [6, 6.07) is 9.35. The van der Waals surface area contributed by atoms with Crippen LogP contribution in [0.15, 0.2) is 40.8 Å². The van der Waals surface area contributed by atoms with E-state index in [1.165, 1.54) is 12.1 Å². The number of rotatable bonds is 5. The zero-order chi connectivity index (χ0) is 14.5. The summed E-state index contributed by atoms with van der Waals surface area (Å²) >= 11 is 5.59. The predicted octanol–water partition coefficient (Wildman–Crippen LogP) is 2.65. The summed E-state index contributed by atoms with van der Waals surface area (Å²) in [4.78, 5) is 22.4. The van der Waals surface area contributed by atoms with Gasteiger partial charge in [-0.1, -0.05) is 12.1 Å². The normalized spacial score (nSPS) is 10.1. The first kappa shape index (κ1) is 14.0. The quantitative estimate of drug-likeness (QED) is 0.885. The van der Waals surface area contributed by atoms with E-state index in [0.29, 0.717) is 5.69 Å². The number of amides is 1. The molecule has 6 nitrogen and oxygen atoms in total. The van der Waals surface area contributed by atoms with Gasteiger partial charge in [-0.25, -0.2) is 4.79 Å². The number of carbonyl (C=O) groups excluding carboxylic acids is 1. The molecule has 7 heteroatoms. The van der Waals surface area contributed by atoms with E-state index in [0.717, 1.165) is 0 Å². The largest absolute Gasteiger partial charge is 0.480 e. The summed E-state index contributed by atoms with van der Waals surface area (Å²) in [6.45, 7) is -0.501. The molecule has 0 saturated heterocycles. The first-order valence-corrected chi connectivity index (χ1v) is 5.94. The Hall–Kier alpha value is -2.47. The van der Waals surface area contributed by atoms with Crippen LogP contribution in [0.1, 0.15) is 10.6 Å². The Kier molecular flexibility index (Phi) is 4.27. The van der Waals surface area contributed by atoms with Gasteiger partial charge in [0.1, 0.15) is 5.75 Å². The lowest BCUT2D eigenvalue weighted by atomic mass is 10.3. The van der Waals surface area contributed by atoms with Crippen LogP contribution in [-0.4, -0.2) is 23.6 Å². The molecule has 2 rings (SSSR count). The molecule has 0 radical (unpaired) electrons. The molecule has 2 N–H and O–H groups in total. The maximum Gasteiger partial charge on any atom is 0.341 e. The molecule has 0 saturated carbocycles. The molecule has 0 aliphatic carbocycles. The molecule has 0 bridgehead atoms. The monoisotopic (exact) mass is 295 g/mol. The summed E-state index contributed by atoms with van der Waals surface area (Å²) in [7, 11) is 0. The third-order valence-corrected chi connectivity index (χ3v) is 2.49. The average Bonchev–Trinajstić information content (AvgIpc) is 2.84. The molecule has 1 amide bonds. The minimum atomic E-state index is -1.11. The zero-order valence-corrected chi connectivity index (χ0v) is 10.9. The number of para-hydroxylation sites is 2. The van der Waals surface area contributed by atoms with Crippen molar-refractivity contribution in [2.75, 3.05) is 11.9 Å². The molecule has 2 aromatic rings. The molecule has 1 aromatic heterocycles. The number of halogens is 1. The molecular formula is C13H10ClNO5. The second-order valence-corrected chi connectivity index (χ2v) is 4.11. The first-order valence-electron chi connectivity index (χ1n) is 5.56. The fourth-order valence-electron chi connectivity index (χ4n) is 1.46. The lowest BCUT2D eigenvalue weighted by Gasteiger charge is -2.10. The minimum absolute atomic E-state index is 0.0445. The van der Waals surface area contributed by atoms with Gasteiger partial charge in [0.15, 0.2) is 17.6 Å². The van der Waals surface area contributed by atoms with Crippen LogP contribution >= 0.6 is 11.6 Å².